The Hall–Kier alpha value is -1.51. The molecule has 0 amide bonds. The third-order valence-corrected chi connectivity index (χ3v) is 4.00. The molecule has 2 aromatic rings. The van der Waals surface area contributed by atoms with Gasteiger partial charge in [0.05, 0.1) is 0 Å². The zero-order valence-corrected chi connectivity index (χ0v) is 13.6. The Balaban J connectivity index is 2.18. The lowest BCUT2D eigenvalue weighted by molar-refractivity contribution is 0.300. The van der Waals surface area contributed by atoms with Crippen LogP contribution in [0, 0.1) is 13.8 Å². The minimum Gasteiger partial charge on any atom is -0.488 e. The van der Waals surface area contributed by atoms with Crippen LogP contribution in [0.5, 0.6) is 5.75 Å². The van der Waals surface area contributed by atoms with Crippen LogP contribution in [0.2, 0.25) is 5.02 Å². The molecule has 1 N–H and O–H groups in total. The van der Waals surface area contributed by atoms with Crippen molar-refractivity contribution in [2.75, 3.05) is 6.54 Å². The van der Waals surface area contributed by atoms with Gasteiger partial charge in [0.25, 0.3) is 0 Å². The van der Waals surface area contributed by atoms with Crippen LogP contribution < -0.4 is 10.1 Å². The molecule has 0 unspecified atom stereocenters. The first-order valence-electron chi connectivity index (χ1n) is 7.29. The van der Waals surface area contributed by atoms with Crippen molar-refractivity contribution in [2.24, 2.45) is 0 Å². The Labute approximate surface area is 132 Å². The van der Waals surface area contributed by atoms with Crippen LogP contribution in [0.25, 0.3) is 0 Å². The number of nitrogens with one attached hydrogen (secondary N) is 1. The predicted octanol–water partition coefficient (Wildman–Crippen LogP) is 4.65. The van der Waals surface area contributed by atoms with Gasteiger partial charge in [0.1, 0.15) is 12.4 Å². The highest BCUT2D eigenvalue weighted by atomic mass is 35.5. The summed E-state index contributed by atoms with van der Waals surface area (Å²) in [5, 5.41) is 4.05. The quantitative estimate of drug-likeness (QED) is 0.839. The maximum atomic E-state index is 6.29. The number of ether oxygens (including phenoxy) is 1. The van der Waals surface area contributed by atoms with Gasteiger partial charge in [0, 0.05) is 17.1 Å². The molecule has 112 valence electrons. The van der Waals surface area contributed by atoms with E-state index in [-0.39, 0.29) is 0 Å². The highest BCUT2D eigenvalue weighted by Gasteiger charge is 2.09. The van der Waals surface area contributed by atoms with Crippen LogP contribution in [-0.2, 0) is 13.2 Å². The minimum atomic E-state index is 0.567. The summed E-state index contributed by atoms with van der Waals surface area (Å²) in [5.74, 6) is 0.853. The van der Waals surface area contributed by atoms with Crippen molar-refractivity contribution in [3.63, 3.8) is 0 Å². The third kappa shape index (κ3) is 3.99. The van der Waals surface area contributed by atoms with Crippen molar-refractivity contribution in [2.45, 2.75) is 33.9 Å². The fourth-order valence-corrected chi connectivity index (χ4v) is 2.55. The molecule has 0 bridgehead atoms. The van der Waals surface area contributed by atoms with Gasteiger partial charge in [-0.3, -0.25) is 0 Å². The number of aryl methyl sites for hydroxylation is 2. The van der Waals surface area contributed by atoms with E-state index in [4.69, 9.17) is 16.3 Å². The standard InChI is InChI=1S/C18H22ClNO/c1-4-20-11-15-17(19)9-6-10-18(15)21-12-16-13(2)7-5-8-14(16)3/h5-10,20H,4,11-12H2,1-3H3. The fourth-order valence-electron chi connectivity index (χ4n) is 2.32. The first-order valence-corrected chi connectivity index (χ1v) is 7.67. The van der Waals surface area contributed by atoms with Crippen molar-refractivity contribution >= 4 is 11.6 Å². The van der Waals surface area contributed by atoms with E-state index in [0.29, 0.717) is 6.61 Å². The lowest BCUT2D eigenvalue weighted by Gasteiger charge is -2.15. The summed E-state index contributed by atoms with van der Waals surface area (Å²) >= 11 is 6.29. The Kier molecular flexibility index (Phi) is 5.66. The molecular weight excluding hydrogens is 282 g/mol. The Morgan fingerprint density at radius 1 is 1.00 bits per heavy atom. The number of benzene rings is 2. The van der Waals surface area contributed by atoms with Crippen LogP contribution in [0.1, 0.15) is 29.2 Å². The highest BCUT2D eigenvalue weighted by Crippen LogP contribution is 2.27. The van der Waals surface area contributed by atoms with E-state index >= 15 is 0 Å². The van der Waals surface area contributed by atoms with E-state index < -0.39 is 0 Å². The van der Waals surface area contributed by atoms with Crippen molar-refractivity contribution in [3.8, 4) is 5.75 Å². The smallest absolute Gasteiger partial charge is 0.125 e. The molecule has 0 atom stereocenters. The number of hydrogen-bond donors (Lipinski definition) is 1. The molecule has 0 heterocycles. The van der Waals surface area contributed by atoms with Gasteiger partial charge in [-0.05, 0) is 49.2 Å². The van der Waals surface area contributed by atoms with Gasteiger partial charge < -0.3 is 10.1 Å². The van der Waals surface area contributed by atoms with Gasteiger partial charge in [-0.15, -0.1) is 0 Å². The lowest BCUT2D eigenvalue weighted by Crippen LogP contribution is -2.13. The topological polar surface area (TPSA) is 21.3 Å². The zero-order chi connectivity index (χ0) is 15.2. The van der Waals surface area contributed by atoms with E-state index in [0.717, 1.165) is 29.4 Å². The normalized spacial score (nSPS) is 10.7. The molecule has 0 radical (unpaired) electrons. The van der Waals surface area contributed by atoms with E-state index in [1.807, 2.05) is 18.2 Å². The fraction of sp³-hybridized carbons (Fsp3) is 0.333. The van der Waals surface area contributed by atoms with Crippen LogP contribution in [0.4, 0.5) is 0 Å². The average molecular weight is 304 g/mol. The summed E-state index contributed by atoms with van der Waals surface area (Å²) < 4.78 is 6.04. The Morgan fingerprint density at radius 2 is 1.67 bits per heavy atom. The molecule has 0 saturated carbocycles. The monoisotopic (exact) mass is 303 g/mol. The minimum absolute atomic E-state index is 0.567. The average Bonchev–Trinajstić information content (AvgIpc) is 2.46. The maximum absolute atomic E-state index is 6.29. The van der Waals surface area contributed by atoms with Crippen molar-refractivity contribution < 1.29 is 4.74 Å². The molecular formula is C18H22ClNO. The van der Waals surface area contributed by atoms with Gasteiger partial charge in [0.15, 0.2) is 0 Å². The molecule has 3 heteroatoms. The molecule has 21 heavy (non-hydrogen) atoms. The molecule has 2 rings (SSSR count). The molecule has 0 aliphatic carbocycles. The highest BCUT2D eigenvalue weighted by molar-refractivity contribution is 6.31. The predicted molar refractivity (Wildman–Crippen MR) is 89.1 cm³/mol. The van der Waals surface area contributed by atoms with E-state index in [1.54, 1.807) is 0 Å². The Bertz CT molecular complexity index is 590. The van der Waals surface area contributed by atoms with Gasteiger partial charge in [-0.2, -0.15) is 0 Å². The van der Waals surface area contributed by atoms with E-state index in [2.05, 4.69) is 44.3 Å². The second-order valence-corrected chi connectivity index (χ2v) is 5.56. The summed E-state index contributed by atoms with van der Waals surface area (Å²) in [6, 6.07) is 12.1. The molecule has 0 fully saturated rings. The molecule has 0 spiro atoms. The van der Waals surface area contributed by atoms with E-state index in [1.165, 1.54) is 16.7 Å². The molecule has 0 aromatic heterocycles. The summed E-state index contributed by atoms with van der Waals surface area (Å²) in [7, 11) is 0. The SMILES string of the molecule is CCNCc1c(Cl)cccc1OCc1c(C)cccc1C. The van der Waals surface area contributed by atoms with Crippen molar-refractivity contribution in [1.29, 1.82) is 0 Å². The molecule has 0 saturated heterocycles. The molecule has 0 aliphatic heterocycles. The summed E-state index contributed by atoms with van der Waals surface area (Å²) in [6.45, 7) is 8.50. The number of halogens is 1. The van der Waals surface area contributed by atoms with Gasteiger partial charge in [-0.1, -0.05) is 42.8 Å². The summed E-state index contributed by atoms with van der Waals surface area (Å²) in [5.41, 5.74) is 4.77. The van der Waals surface area contributed by atoms with E-state index in [9.17, 15) is 0 Å². The third-order valence-electron chi connectivity index (χ3n) is 3.64. The molecule has 0 aliphatic rings. The van der Waals surface area contributed by atoms with Gasteiger partial charge >= 0.3 is 0 Å². The molecule has 2 nitrogen and oxygen atoms in total. The van der Waals surface area contributed by atoms with Gasteiger partial charge in [-0.25, -0.2) is 0 Å². The Morgan fingerprint density at radius 3 is 2.33 bits per heavy atom. The number of hydrogen-bond acceptors (Lipinski definition) is 2. The van der Waals surface area contributed by atoms with Crippen LogP contribution in [0.3, 0.4) is 0 Å². The van der Waals surface area contributed by atoms with Crippen molar-refractivity contribution in [3.05, 3.63) is 63.7 Å². The van der Waals surface area contributed by atoms with Crippen LogP contribution in [-0.4, -0.2) is 6.54 Å². The second-order valence-electron chi connectivity index (χ2n) is 5.16. The first-order chi connectivity index (χ1) is 10.1. The largest absolute Gasteiger partial charge is 0.488 e. The second kappa shape index (κ2) is 7.48. The lowest BCUT2D eigenvalue weighted by atomic mass is 10.0. The number of rotatable bonds is 6. The van der Waals surface area contributed by atoms with Crippen LogP contribution >= 0.6 is 11.6 Å². The van der Waals surface area contributed by atoms with Gasteiger partial charge in [0.2, 0.25) is 0 Å². The van der Waals surface area contributed by atoms with Crippen LogP contribution in [0.15, 0.2) is 36.4 Å². The molecule has 2 aromatic carbocycles. The first kappa shape index (κ1) is 15.9. The van der Waals surface area contributed by atoms with Crippen molar-refractivity contribution in [1.82, 2.24) is 5.32 Å². The summed E-state index contributed by atoms with van der Waals surface area (Å²) in [6.07, 6.45) is 0. The zero-order valence-electron chi connectivity index (χ0n) is 12.9. The summed E-state index contributed by atoms with van der Waals surface area (Å²) in [4.78, 5) is 0. The maximum Gasteiger partial charge on any atom is 0.125 e.